The molecule has 2 aromatic carbocycles. The van der Waals surface area contributed by atoms with E-state index in [1.54, 1.807) is 14.0 Å². The van der Waals surface area contributed by atoms with Crippen LogP contribution in [-0.4, -0.2) is 12.9 Å². The van der Waals surface area contributed by atoms with Crippen LogP contribution in [0.2, 0.25) is 0 Å². The Morgan fingerprint density at radius 1 is 0.941 bits per heavy atom. The lowest BCUT2D eigenvalue weighted by Crippen LogP contribution is -1.97. The second kappa shape index (κ2) is 4.83. The Hall–Kier alpha value is -2.09. The molecule has 0 unspecified atom stereocenters. The fraction of sp³-hybridized carbons (Fsp3) is 0.133. The van der Waals surface area contributed by atoms with Crippen molar-refractivity contribution < 1.29 is 9.53 Å². The van der Waals surface area contributed by atoms with Gasteiger partial charge in [0.1, 0.15) is 5.75 Å². The van der Waals surface area contributed by atoms with Crippen LogP contribution in [0.4, 0.5) is 0 Å². The predicted molar refractivity (Wildman–Crippen MR) is 68.4 cm³/mol. The van der Waals surface area contributed by atoms with Crippen molar-refractivity contribution in [1.82, 2.24) is 0 Å². The van der Waals surface area contributed by atoms with Crippen LogP contribution in [0.25, 0.3) is 11.1 Å². The Kier molecular flexibility index (Phi) is 3.24. The monoisotopic (exact) mass is 226 g/mol. The minimum Gasteiger partial charge on any atom is -0.496 e. The van der Waals surface area contributed by atoms with Crippen molar-refractivity contribution in [3.05, 3.63) is 54.1 Å². The maximum Gasteiger partial charge on any atom is 0.160 e. The summed E-state index contributed by atoms with van der Waals surface area (Å²) in [6.07, 6.45) is 0. The third-order valence-corrected chi connectivity index (χ3v) is 2.70. The molecular weight excluding hydrogens is 212 g/mol. The number of hydrogen-bond donors (Lipinski definition) is 0. The van der Waals surface area contributed by atoms with Crippen molar-refractivity contribution in [3.8, 4) is 16.9 Å². The molecule has 0 bridgehead atoms. The van der Waals surface area contributed by atoms with Gasteiger partial charge < -0.3 is 4.74 Å². The summed E-state index contributed by atoms with van der Waals surface area (Å²) in [5, 5.41) is 0. The van der Waals surface area contributed by atoms with Gasteiger partial charge in [-0.3, -0.25) is 4.79 Å². The predicted octanol–water partition coefficient (Wildman–Crippen LogP) is 3.56. The molecule has 0 aliphatic rings. The molecular formula is C15H14O2. The minimum absolute atomic E-state index is 0.0616. The van der Waals surface area contributed by atoms with Gasteiger partial charge in [-0.2, -0.15) is 0 Å². The van der Waals surface area contributed by atoms with E-state index in [4.69, 9.17) is 4.74 Å². The van der Waals surface area contributed by atoms with Crippen LogP contribution in [0, 0.1) is 0 Å². The first kappa shape index (κ1) is 11.4. The number of para-hydroxylation sites is 1. The van der Waals surface area contributed by atoms with E-state index in [0.717, 1.165) is 22.4 Å². The van der Waals surface area contributed by atoms with Crippen LogP contribution >= 0.6 is 0 Å². The van der Waals surface area contributed by atoms with Gasteiger partial charge in [0.05, 0.1) is 7.11 Å². The Morgan fingerprint density at radius 3 is 2.18 bits per heavy atom. The quantitative estimate of drug-likeness (QED) is 0.748. The number of ether oxygens (including phenoxy) is 1. The number of rotatable bonds is 3. The summed E-state index contributed by atoms with van der Waals surface area (Å²) in [6, 6.07) is 15.3. The highest BCUT2D eigenvalue weighted by Gasteiger charge is 2.11. The van der Waals surface area contributed by atoms with E-state index in [0.29, 0.717) is 0 Å². The fourth-order valence-corrected chi connectivity index (χ4v) is 1.89. The number of benzene rings is 2. The van der Waals surface area contributed by atoms with E-state index in [1.165, 1.54) is 0 Å². The van der Waals surface area contributed by atoms with E-state index in [-0.39, 0.29) is 5.78 Å². The highest BCUT2D eigenvalue weighted by Crippen LogP contribution is 2.32. The summed E-state index contributed by atoms with van der Waals surface area (Å²) in [5.41, 5.74) is 2.58. The molecule has 0 aliphatic carbocycles. The lowest BCUT2D eigenvalue weighted by atomic mass is 9.97. The second-order valence-electron chi connectivity index (χ2n) is 3.80. The number of hydrogen-bond acceptors (Lipinski definition) is 2. The molecule has 0 aliphatic heterocycles. The molecule has 2 heteroatoms. The summed E-state index contributed by atoms with van der Waals surface area (Å²) >= 11 is 0. The fourth-order valence-electron chi connectivity index (χ4n) is 1.89. The lowest BCUT2D eigenvalue weighted by molar-refractivity contribution is 0.101. The molecule has 0 saturated heterocycles. The van der Waals surface area contributed by atoms with Gasteiger partial charge in [-0.1, -0.05) is 42.5 Å². The van der Waals surface area contributed by atoms with Crippen LogP contribution in [0.3, 0.4) is 0 Å². The number of ketones is 1. The molecule has 2 aromatic rings. The molecule has 0 spiro atoms. The molecule has 0 N–H and O–H groups in total. The van der Waals surface area contributed by atoms with E-state index in [1.807, 2.05) is 48.5 Å². The van der Waals surface area contributed by atoms with Crippen molar-refractivity contribution in [2.24, 2.45) is 0 Å². The van der Waals surface area contributed by atoms with Crippen LogP contribution < -0.4 is 4.74 Å². The minimum atomic E-state index is 0.0616. The van der Waals surface area contributed by atoms with Gasteiger partial charge in [0.2, 0.25) is 0 Å². The van der Waals surface area contributed by atoms with E-state index in [9.17, 15) is 4.79 Å². The summed E-state index contributed by atoms with van der Waals surface area (Å²) in [5.74, 6) is 0.840. The highest BCUT2D eigenvalue weighted by atomic mass is 16.5. The first-order chi connectivity index (χ1) is 8.24. The molecule has 2 rings (SSSR count). The molecule has 0 fully saturated rings. The average Bonchev–Trinajstić information content (AvgIpc) is 2.38. The SMILES string of the molecule is COc1ccccc1-c1ccccc1C(C)=O. The summed E-state index contributed by atoms with van der Waals surface area (Å²) in [6.45, 7) is 1.58. The van der Waals surface area contributed by atoms with Crippen LogP contribution in [0.1, 0.15) is 17.3 Å². The summed E-state index contributed by atoms with van der Waals surface area (Å²) < 4.78 is 5.32. The maximum absolute atomic E-state index is 11.6. The number of methoxy groups -OCH3 is 1. The van der Waals surface area contributed by atoms with Crippen LogP contribution in [-0.2, 0) is 0 Å². The van der Waals surface area contributed by atoms with Crippen molar-refractivity contribution >= 4 is 5.78 Å². The first-order valence-electron chi connectivity index (χ1n) is 5.47. The zero-order valence-corrected chi connectivity index (χ0v) is 9.94. The van der Waals surface area contributed by atoms with Crippen molar-refractivity contribution in [2.45, 2.75) is 6.92 Å². The molecule has 17 heavy (non-hydrogen) atoms. The molecule has 86 valence electrons. The van der Waals surface area contributed by atoms with E-state index >= 15 is 0 Å². The van der Waals surface area contributed by atoms with Gasteiger partial charge in [0.25, 0.3) is 0 Å². The van der Waals surface area contributed by atoms with Gasteiger partial charge in [0.15, 0.2) is 5.78 Å². The van der Waals surface area contributed by atoms with Crippen LogP contribution in [0.15, 0.2) is 48.5 Å². The highest BCUT2D eigenvalue weighted by molar-refractivity contribution is 6.01. The number of Topliss-reactive ketones (excluding diaryl/α,β-unsaturated/α-hetero) is 1. The molecule has 0 heterocycles. The van der Waals surface area contributed by atoms with Gasteiger partial charge in [-0.15, -0.1) is 0 Å². The summed E-state index contributed by atoms with van der Waals surface area (Å²) in [7, 11) is 1.63. The van der Waals surface area contributed by atoms with Crippen molar-refractivity contribution in [1.29, 1.82) is 0 Å². The second-order valence-corrected chi connectivity index (χ2v) is 3.80. The average molecular weight is 226 g/mol. The van der Waals surface area contributed by atoms with Crippen molar-refractivity contribution in [3.63, 3.8) is 0 Å². The first-order valence-corrected chi connectivity index (χ1v) is 5.47. The Bertz CT molecular complexity index is 544. The number of carbonyl (C=O) groups excluding carboxylic acids is 1. The van der Waals surface area contributed by atoms with Gasteiger partial charge in [0, 0.05) is 11.1 Å². The van der Waals surface area contributed by atoms with Gasteiger partial charge >= 0.3 is 0 Å². The largest absolute Gasteiger partial charge is 0.496 e. The molecule has 0 radical (unpaired) electrons. The zero-order valence-electron chi connectivity index (χ0n) is 9.94. The lowest BCUT2D eigenvalue weighted by Gasteiger charge is -2.11. The van der Waals surface area contributed by atoms with Crippen molar-refractivity contribution in [2.75, 3.05) is 7.11 Å². The normalized spacial score (nSPS) is 10.0. The molecule has 2 nitrogen and oxygen atoms in total. The van der Waals surface area contributed by atoms with E-state index in [2.05, 4.69) is 0 Å². The standard InChI is InChI=1S/C15H14O2/c1-11(16)12-7-3-4-8-13(12)14-9-5-6-10-15(14)17-2/h3-10H,1-2H3. The molecule has 0 saturated carbocycles. The molecule has 0 atom stereocenters. The maximum atomic E-state index is 11.6. The molecule has 0 amide bonds. The Balaban J connectivity index is 2.64. The Labute approximate surface area is 101 Å². The topological polar surface area (TPSA) is 26.3 Å². The number of carbonyl (C=O) groups is 1. The zero-order chi connectivity index (χ0) is 12.3. The third-order valence-electron chi connectivity index (χ3n) is 2.70. The third kappa shape index (κ3) is 2.21. The van der Waals surface area contributed by atoms with Crippen LogP contribution in [0.5, 0.6) is 5.75 Å². The van der Waals surface area contributed by atoms with E-state index < -0.39 is 0 Å². The van der Waals surface area contributed by atoms with Gasteiger partial charge in [-0.25, -0.2) is 0 Å². The smallest absolute Gasteiger partial charge is 0.160 e. The Morgan fingerprint density at radius 2 is 1.53 bits per heavy atom. The molecule has 0 aromatic heterocycles. The summed E-state index contributed by atoms with van der Waals surface area (Å²) in [4.78, 5) is 11.6. The van der Waals surface area contributed by atoms with Gasteiger partial charge in [-0.05, 0) is 18.6 Å².